The standard InChI is InChI=1S/C11H11BrClN5O/c1-6-7(5-14-10(13)9(6)12)15-11(19)16-8-3-4-18(2)17-8/h3-5H,1-2H3,(H2,15,16,17,19). The smallest absolute Gasteiger partial charge is 0.306 e. The molecule has 2 aromatic rings. The zero-order chi connectivity index (χ0) is 14.0. The zero-order valence-corrected chi connectivity index (χ0v) is 12.6. The van der Waals surface area contributed by atoms with Crippen molar-refractivity contribution in [2.75, 3.05) is 10.6 Å². The molecule has 8 heteroatoms. The molecule has 0 aliphatic carbocycles. The number of nitrogens with one attached hydrogen (secondary N) is 2. The first-order chi connectivity index (χ1) is 8.97. The number of aryl methyl sites for hydroxylation is 1. The van der Waals surface area contributed by atoms with Crippen molar-refractivity contribution in [2.45, 2.75) is 6.92 Å². The maximum atomic E-state index is 11.8. The summed E-state index contributed by atoms with van der Waals surface area (Å²) in [6.07, 6.45) is 3.24. The molecule has 0 fully saturated rings. The minimum absolute atomic E-state index is 0.355. The molecule has 0 saturated heterocycles. The van der Waals surface area contributed by atoms with Crippen LogP contribution in [0.2, 0.25) is 5.15 Å². The van der Waals surface area contributed by atoms with Crippen LogP contribution >= 0.6 is 27.5 Å². The fourth-order valence-corrected chi connectivity index (χ4v) is 1.93. The van der Waals surface area contributed by atoms with Crippen molar-refractivity contribution >= 4 is 45.1 Å². The summed E-state index contributed by atoms with van der Waals surface area (Å²) in [5, 5.41) is 9.70. The minimum Gasteiger partial charge on any atom is -0.306 e. The summed E-state index contributed by atoms with van der Waals surface area (Å²) in [6, 6.07) is 1.31. The van der Waals surface area contributed by atoms with Gasteiger partial charge < -0.3 is 5.32 Å². The summed E-state index contributed by atoms with van der Waals surface area (Å²) in [5.41, 5.74) is 1.38. The summed E-state index contributed by atoms with van der Waals surface area (Å²) in [7, 11) is 1.77. The predicted octanol–water partition coefficient (Wildman–Crippen LogP) is 3.18. The number of urea groups is 1. The number of rotatable bonds is 2. The van der Waals surface area contributed by atoms with Gasteiger partial charge in [-0.15, -0.1) is 0 Å². The van der Waals surface area contributed by atoms with Gasteiger partial charge in [-0.3, -0.25) is 10.00 Å². The number of hydrogen-bond acceptors (Lipinski definition) is 3. The van der Waals surface area contributed by atoms with Crippen LogP contribution in [-0.2, 0) is 7.05 Å². The molecule has 0 aromatic carbocycles. The second kappa shape index (κ2) is 5.58. The Morgan fingerprint density at radius 2 is 2.21 bits per heavy atom. The largest absolute Gasteiger partial charge is 0.324 e. The van der Waals surface area contributed by atoms with Crippen LogP contribution in [-0.4, -0.2) is 20.8 Å². The Kier molecular flexibility index (Phi) is 4.06. The lowest BCUT2D eigenvalue weighted by Gasteiger charge is -2.10. The van der Waals surface area contributed by atoms with Crippen LogP contribution in [0, 0.1) is 6.92 Å². The van der Waals surface area contributed by atoms with Crippen LogP contribution in [0.4, 0.5) is 16.3 Å². The SMILES string of the molecule is Cc1c(NC(=O)Nc2ccn(C)n2)cnc(Cl)c1Br. The van der Waals surface area contributed by atoms with Crippen LogP contribution < -0.4 is 10.6 Å². The van der Waals surface area contributed by atoms with Gasteiger partial charge in [-0.1, -0.05) is 11.6 Å². The fourth-order valence-electron chi connectivity index (χ4n) is 1.43. The topological polar surface area (TPSA) is 71.8 Å². The first kappa shape index (κ1) is 13.8. The van der Waals surface area contributed by atoms with E-state index in [9.17, 15) is 4.79 Å². The number of nitrogens with zero attached hydrogens (tertiary/aromatic N) is 3. The Morgan fingerprint density at radius 1 is 1.47 bits per heavy atom. The number of halogens is 2. The number of anilines is 2. The van der Waals surface area contributed by atoms with E-state index < -0.39 is 6.03 Å². The summed E-state index contributed by atoms with van der Waals surface area (Å²) >= 11 is 9.16. The highest BCUT2D eigenvalue weighted by Gasteiger charge is 2.11. The van der Waals surface area contributed by atoms with Gasteiger partial charge in [0.05, 0.1) is 16.4 Å². The average molecular weight is 345 g/mol. The first-order valence-corrected chi connectivity index (χ1v) is 6.52. The van der Waals surface area contributed by atoms with Crippen LogP contribution in [0.3, 0.4) is 0 Å². The Bertz CT molecular complexity index is 628. The van der Waals surface area contributed by atoms with Gasteiger partial charge in [-0.05, 0) is 28.4 Å². The lowest BCUT2D eigenvalue weighted by atomic mass is 10.2. The molecule has 2 aromatic heterocycles. The summed E-state index contributed by atoms with van der Waals surface area (Å²) in [4.78, 5) is 15.8. The van der Waals surface area contributed by atoms with E-state index in [1.165, 1.54) is 6.20 Å². The highest BCUT2D eigenvalue weighted by Crippen LogP contribution is 2.28. The summed E-state index contributed by atoms with van der Waals surface area (Å²) in [5.74, 6) is 0.471. The summed E-state index contributed by atoms with van der Waals surface area (Å²) < 4.78 is 2.26. The van der Waals surface area contributed by atoms with Gasteiger partial charge >= 0.3 is 6.03 Å². The lowest BCUT2D eigenvalue weighted by Crippen LogP contribution is -2.20. The zero-order valence-electron chi connectivity index (χ0n) is 10.2. The predicted molar refractivity (Wildman–Crippen MR) is 77.5 cm³/mol. The number of aromatic nitrogens is 3. The van der Waals surface area contributed by atoms with E-state index in [2.05, 4.69) is 36.6 Å². The molecule has 6 nitrogen and oxygen atoms in total. The average Bonchev–Trinajstić information content (AvgIpc) is 2.75. The van der Waals surface area contributed by atoms with Crippen molar-refractivity contribution in [2.24, 2.45) is 7.05 Å². The second-order valence-electron chi connectivity index (χ2n) is 3.86. The molecule has 2 amide bonds. The van der Waals surface area contributed by atoms with Crippen LogP contribution in [0.5, 0.6) is 0 Å². The number of pyridine rings is 1. The number of amides is 2. The summed E-state index contributed by atoms with van der Waals surface area (Å²) in [6.45, 7) is 1.83. The van der Waals surface area contributed by atoms with Gasteiger partial charge in [0.25, 0.3) is 0 Å². The highest BCUT2D eigenvalue weighted by atomic mass is 79.9. The van der Waals surface area contributed by atoms with Crippen molar-refractivity contribution in [1.29, 1.82) is 0 Å². The van der Waals surface area contributed by atoms with Gasteiger partial charge in [0.1, 0.15) is 5.15 Å². The third-order valence-electron chi connectivity index (χ3n) is 2.42. The molecule has 0 bridgehead atoms. The van der Waals surface area contributed by atoms with Crippen LogP contribution in [0.1, 0.15) is 5.56 Å². The van der Waals surface area contributed by atoms with E-state index >= 15 is 0 Å². The molecule has 0 spiro atoms. The fraction of sp³-hybridized carbons (Fsp3) is 0.182. The molecule has 2 N–H and O–H groups in total. The molecule has 100 valence electrons. The van der Waals surface area contributed by atoms with E-state index in [0.29, 0.717) is 21.1 Å². The number of carbonyl (C=O) groups excluding carboxylic acids is 1. The monoisotopic (exact) mass is 343 g/mol. The van der Waals surface area contributed by atoms with Gasteiger partial charge in [-0.2, -0.15) is 5.10 Å². The molecule has 0 unspecified atom stereocenters. The highest BCUT2D eigenvalue weighted by molar-refractivity contribution is 9.10. The Balaban J connectivity index is 2.09. The van der Waals surface area contributed by atoms with Crippen molar-refractivity contribution in [3.63, 3.8) is 0 Å². The van der Waals surface area contributed by atoms with Gasteiger partial charge in [-0.25, -0.2) is 9.78 Å². The van der Waals surface area contributed by atoms with E-state index in [0.717, 1.165) is 5.56 Å². The quantitative estimate of drug-likeness (QED) is 0.822. The van der Waals surface area contributed by atoms with Crippen LogP contribution in [0.25, 0.3) is 0 Å². The molecule has 19 heavy (non-hydrogen) atoms. The molecular weight excluding hydrogens is 334 g/mol. The molecule has 2 heterocycles. The molecule has 0 radical (unpaired) electrons. The minimum atomic E-state index is -0.391. The number of hydrogen-bond donors (Lipinski definition) is 2. The third kappa shape index (κ3) is 3.24. The molecule has 0 atom stereocenters. The third-order valence-corrected chi connectivity index (χ3v) is 3.91. The maximum Gasteiger partial charge on any atom is 0.324 e. The van der Waals surface area contributed by atoms with Crippen molar-refractivity contribution in [3.05, 3.63) is 33.6 Å². The second-order valence-corrected chi connectivity index (χ2v) is 5.01. The molecule has 0 aliphatic heterocycles. The Hall–Kier alpha value is -1.60. The van der Waals surface area contributed by atoms with Gasteiger partial charge in [0.15, 0.2) is 5.82 Å². The van der Waals surface area contributed by atoms with E-state index in [-0.39, 0.29) is 0 Å². The van der Waals surface area contributed by atoms with Crippen molar-refractivity contribution in [1.82, 2.24) is 14.8 Å². The number of carbonyl (C=O) groups is 1. The van der Waals surface area contributed by atoms with E-state index in [4.69, 9.17) is 11.6 Å². The Labute approximate surface area is 123 Å². The molecule has 2 rings (SSSR count). The van der Waals surface area contributed by atoms with Crippen molar-refractivity contribution < 1.29 is 4.79 Å². The first-order valence-electron chi connectivity index (χ1n) is 5.35. The maximum absolute atomic E-state index is 11.8. The lowest BCUT2D eigenvalue weighted by molar-refractivity contribution is 0.262. The van der Waals surface area contributed by atoms with Gasteiger partial charge in [0.2, 0.25) is 0 Å². The van der Waals surface area contributed by atoms with E-state index in [1.807, 2.05) is 6.92 Å². The van der Waals surface area contributed by atoms with Crippen LogP contribution in [0.15, 0.2) is 22.9 Å². The van der Waals surface area contributed by atoms with E-state index in [1.54, 1.807) is 24.0 Å². The van der Waals surface area contributed by atoms with Gasteiger partial charge in [0, 0.05) is 19.3 Å². The molecule has 0 aliphatic rings. The van der Waals surface area contributed by atoms with Crippen molar-refractivity contribution in [3.8, 4) is 0 Å². The normalized spacial score (nSPS) is 10.3. The molecular formula is C11H11BrClN5O. The molecule has 0 saturated carbocycles. The Morgan fingerprint density at radius 3 is 2.84 bits per heavy atom.